The minimum absolute atomic E-state index is 0.581. The zero-order chi connectivity index (χ0) is 14.8. The van der Waals surface area contributed by atoms with Gasteiger partial charge in [0.25, 0.3) is 0 Å². The number of rotatable bonds is 2. The Bertz CT molecular complexity index is 779. The largest absolute Gasteiger partial charge is 0.275 e. The summed E-state index contributed by atoms with van der Waals surface area (Å²) in [6, 6.07) is 20.5. The molecule has 0 fully saturated rings. The molecule has 1 aliphatic heterocycles. The first-order chi connectivity index (χ1) is 10.9. The Balaban J connectivity index is 1.91. The van der Waals surface area contributed by atoms with Crippen molar-refractivity contribution in [2.45, 2.75) is 5.54 Å². The van der Waals surface area contributed by atoms with Crippen LogP contribution in [0.4, 0.5) is 0 Å². The fourth-order valence-corrected chi connectivity index (χ4v) is 2.70. The van der Waals surface area contributed by atoms with Gasteiger partial charge in [0, 0.05) is 18.6 Å². The summed E-state index contributed by atoms with van der Waals surface area (Å²) in [4.78, 5) is 13.5. The van der Waals surface area contributed by atoms with Gasteiger partial charge in [-0.05, 0) is 11.1 Å². The first-order valence-corrected chi connectivity index (χ1v) is 7.13. The Morgan fingerprint density at radius 2 is 1.45 bits per heavy atom. The van der Waals surface area contributed by atoms with Gasteiger partial charge < -0.3 is 0 Å². The van der Waals surface area contributed by atoms with Crippen molar-refractivity contribution < 1.29 is 0 Å². The molecule has 2 aromatic carbocycles. The minimum atomic E-state index is -0.581. The predicted octanol–water partition coefficient (Wildman–Crippen LogP) is 3.12. The molecule has 0 saturated heterocycles. The van der Waals surface area contributed by atoms with Crippen LogP contribution in [0.5, 0.6) is 0 Å². The van der Waals surface area contributed by atoms with Gasteiger partial charge >= 0.3 is 0 Å². The minimum Gasteiger partial charge on any atom is -0.275 e. The molecular weight excluding hydrogens is 272 g/mol. The van der Waals surface area contributed by atoms with Gasteiger partial charge in [0.1, 0.15) is 11.9 Å². The van der Waals surface area contributed by atoms with Crippen LogP contribution in [0.15, 0.2) is 89.4 Å². The van der Waals surface area contributed by atoms with Crippen LogP contribution in [0.1, 0.15) is 11.1 Å². The summed E-state index contributed by atoms with van der Waals surface area (Å²) in [7, 11) is 0. The second-order valence-corrected chi connectivity index (χ2v) is 5.14. The number of aromatic nitrogens is 2. The third kappa shape index (κ3) is 1.97. The van der Waals surface area contributed by atoms with E-state index in [1.807, 2.05) is 53.4 Å². The third-order valence-corrected chi connectivity index (χ3v) is 3.81. The highest BCUT2D eigenvalue weighted by atomic mass is 15.2. The Kier molecular flexibility index (Phi) is 2.93. The summed E-state index contributed by atoms with van der Waals surface area (Å²) >= 11 is 0. The highest BCUT2D eigenvalue weighted by molar-refractivity contribution is 6.00. The van der Waals surface area contributed by atoms with Gasteiger partial charge in [0.15, 0.2) is 0 Å². The van der Waals surface area contributed by atoms with E-state index in [2.05, 4.69) is 34.2 Å². The molecule has 106 valence electrons. The van der Waals surface area contributed by atoms with Crippen LogP contribution in [0.2, 0.25) is 0 Å². The van der Waals surface area contributed by atoms with Crippen LogP contribution in [0, 0.1) is 0 Å². The Hall–Kier alpha value is -3.01. The van der Waals surface area contributed by atoms with E-state index in [1.165, 1.54) is 0 Å². The standard InChI is InChI=1S/C18H14N4/c1-3-7-15(8-4-1)18(16-9-5-2-6-10-16)13-20-17(21-18)22-12-11-19-14-22/h1-14H. The molecule has 0 radical (unpaired) electrons. The lowest BCUT2D eigenvalue weighted by Gasteiger charge is -2.24. The van der Waals surface area contributed by atoms with E-state index in [1.54, 1.807) is 12.5 Å². The molecular formula is C18H14N4. The van der Waals surface area contributed by atoms with Crippen molar-refractivity contribution in [3.63, 3.8) is 0 Å². The van der Waals surface area contributed by atoms with Gasteiger partial charge in [0.05, 0.1) is 0 Å². The second-order valence-electron chi connectivity index (χ2n) is 5.14. The van der Waals surface area contributed by atoms with Crippen molar-refractivity contribution in [2.24, 2.45) is 9.98 Å². The molecule has 0 amide bonds. The van der Waals surface area contributed by atoms with E-state index in [9.17, 15) is 0 Å². The van der Waals surface area contributed by atoms with Crippen LogP contribution in [0.3, 0.4) is 0 Å². The van der Waals surface area contributed by atoms with E-state index >= 15 is 0 Å². The normalized spacial score (nSPS) is 15.7. The molecule has 0 N–H and O–H groups in total. The molecule has 0 spiro atoms. The number of aliphatic imine (C=N–C) groups is 2. The van der Waals surface area contributed by atoms with Crippen molar-refractivity contribution in [1.29, 1.82) is 0 Å². The maximum atomic E-state index is 4.92. The van der Waals surface area contributed by atoms with Crippen molar-refractivity contribution in [3.8, 4) is 0 Å². The molecule has 1 aromatic heterocycles. The SMILES string of the molecule is C1=NC(n2ccnc2)=NC1(c1ccccc1)c1ccccc1. The highest BCUT2D eigenvalue weighted by Crippen LogP contribution is 2.35. The predicted molar refractivity (Wildman–Crippen MR) is 87.2 cm³/mol. The molecule has 1 aliphatic rings. The van der Waals surface area contributed by atoms with Gasteiger partial charge in [0.2, 0.25) is 5.96 Å². The summed E-state index contributed by atoms with van der Waals surface area (Å²) in [5.74, 6) is 0.644. The molecule has 4 nitrogen and oxygen atoms in total. The van der Waals surface area contributed by atoms with Crippen molar-refractivity contribution in [3.05, 3.63) is 90.5 Å². The molecule has 4 rings (SSSR count). The Labute approximate surface area is 128 Å². The fraction of sp³-hybridized carbons (Fsp3) is 0.0556. The summed E-state index contributed by atoms with van der Waals surface area (Å²) in [5.41, 5.74) is 1.61. The smallest absolute Gasteiger partial charge is 0.231 e. The summed E-state index contributed by atoms with van der Waals surface area (Å²) < 4.78 is 1.82. The van der Waals surface area contributed by atoms with Gasteiger partial charge in [-0.3, -0.25) is 4.57 Å². The quantitative estimate of drug-likeness (QED) is 0.713. The maximum absolute atomic E-state index is 4.92. The van der Waals surface area contributed by atoms with E-state index < -0.39 is 5.54 Å². The van der Waals surface area contributed by atoms with Crippen molar-refractivity contribution in [1.82, 2.24) is 9.55 Å². The van der Waals surface area contributed by atoms with Crippen LogP contribution in [-0.2, 0) is 5.54 Å². The van der Waals surface area contributed by atoms with Gasteiger partial charge in [-0.25, -0.2) is 15.0 Å². The average Bonchev–Trinajstić information content (AvgIpc) is 3.27. The third-order valence-electron chi connectivity index (χ3n) is 3.81. The van der Waals surface area contributed by atoms with Crippen molar-refractivity contribution in [2.75, 3.05) is 0 Å². The molecule has 0 aliphatic carbocycles. The van der Waals surface area contributed by atoms with Crippen LogP contribution in [0.25, 0.3) is 0 Å². The maximum Gasteiger partial charge on any atom is 0.231 e. The Morgan fingerprint density at radius 1 is 0.818 bits per heavy atom. The fourth-order valence-electron chi connectivity index (χ4n) is 2.70. The van der Waals surface area contributed by atoms with Gasteiger partial charge in [-0.2, -0.15) is 0 Å². The topological polar surface area (TPSA) is 42.5 Å². The number of nitrogens with zero attached hydrogens (tertiary/aromatic N) is 4. The highest BCUT2D eigenvalue weighted by Gasteiger charge is 2.36. The lowest BCUT2D eigenvalue weighted by Crippen LogP contribution is -2.25. The van der Waals surface area contributed by atoms with Crippen molar-refractivity contribution >= 4 is 12.2 Å². The average molecular weight is 286 g/mol. The first kappa shape index (κ1) is 12.7. The lowest BCUT2D eigenvalue weighted by molar-refractivity contribution is 0.757. The number of hydrogen-bond acceptors (Lipinski definition) is 3. The monoisotopic (exact) mass is 286 g/mol. The molecule has 0 atom stereocenters. The molecule has 4 heteroatoms. The Morgan fingerprint density at radius 3 is 2.00 bits per heavy atom. The summed E-state index contributed by atoms with van der Waals surface area (Å²) in [5, 5.41) is 0. The molecule has 0 saturated carbocycles. The number of hydrogen-bond donors (Lipinski definition) is 0. The number of benzene rings is 2. The van der Waals surface area contributed by atoms with E-state index in [-0.39, 0.29) is 0 Å². The molecule has 2 heterocycles. The number of imidazole rings is 1. The molecule has 0 bridgehead atoms. The first-order valence-electron chi connectivity index (χ1n) is 7.13. The van der Waals surface area contributed by atoms with Crippen LogP contribution in [-0.4, -0.2) is 21.7 Å². The van der Waals surface area contributed by atoms with Gasteiger partial charge in [-0.1, -0.05) is 60.7 Å². The lowest BCUT2D eigenvalue weighted by atomic mass is 9.85. The van der Waals surface area contributed by atoms with E-state index in [0.717, 1.165) is 11.1 Å². The molecule has 0 unspecified atom stereocenters. The summed E-state index contributed by atoms with van der Waals surface area (Å²) in [6.07, 6.45) is 7.19. The zero-order valence-electron chi connectivity index (χ0n) is 11.9. The zero-order valence-corrected chi connectivity index (χ0v) is 11.9. The van der Waals surface area contributed by atoms with Crippen LogP contribution >= 0.6 is 0 Å². The molecule has 3 aromatic rings. The summed E-state index contributed by atoms with van der Waals surface area (Å²) in [6.45, 7) is 0. The van der Waals surface area contributed by atoms with Gasteiger partial charge in [-0.15, -0.1) is 0 Å². The van der Waals surface area contributed by atoms with Crippen LogP contribution < -0.4 is 0 Å². The van der Waals surface area contributed by atoms with E-state index in [0.29, 0.717) is 5.96 Å². The molecule has 22 heavy (non-hydrogen) atoms. The second kappa shape index (κ2) is 5.07. The van der Waals surface area contributed by atoms with E-state index in [4.69, 9.17) is 4.99 Å².